The van der Waals surface area contributed by atoms with Crippen molar-refractivity contribution < 1.29 is 0 Å². The molecule has 4 heteroatoms. The number of aromatic nitrogens is 2. The number of pyridine rings is 1. The molecule has 0 amide bonds. The highest BCUT2D eigenvalue weighted by Crippen LogP contribution is 2.30. The van der Waals surface area contributed by atoms with E-state index in [0.717, 1.165) is 32.3 Å². The number of aryl methyl sites for hydroxylation is 1. The van der Waals surface area contributed by atoms with Gasteiger partial charge in [0.05, 0.1) is 15.9 Å². The Hall–Kier alpha value is -1.94. The van der Waals surface area contributed by atoms with Crippen molar-refractivity contribution in [1.82, 2.24) is 9.97 Å². The average molecular weight is 241 g/mol. The molecule has 2 aromatic heterocycles. The van der Waals surface area contributed by atoms with E-state index in [1.54, 1.807) is 11.3 Å². The van der Waals surface area contributed by atoms with Crippen molar-refractivity contribution in [3.8, 4) is 10.7 Å². The third kappa shape index (κ3) is 1.87. The van der Waals surface area contributed by atoms with Gasteiger partial charge < -0.3 is 5.73 Å². The van der Waals surface area contributed by atoms with Gasteiger partial charge in [-0.3, -0.25) is 4.98 Å². The van der Waals surface area contributed by atoms with Crippen molar-refractivity contribution in [2.45, 2.75) is 6.92 Å². The molecule has 3 aromatic rings. The summed E-state index contributed by atoms with van der Waals surface area (Å²) in [6.45, 7) is 1.98. The fraction of sp³-hybridized carbons (Fsp3) is 0.0769. The number of hydrogen-bond acceptors (Lipinski definition) is 4. The molecule has 3 nitrogen and oxygen atoms in total. The van der Waals surface area contributed by atoms with E-state index in [0.29, 0.717) is 0 Å². The van der Waals surface area contributed by atoms with Crippen LogP contribution in [0.3, 0.4) is 0 Å². The number of hydrogen-bond donors (Lipinski definition) is 1. The molecule has 0 saturated carbocycles. The second-order valence-corrected chi connectivity index (χ2v) is 4.94. The van der Waals surface area contributed by atoms with Crippen molar-refractivity contribution in [2.24, 2.45) is 0 Å². The van der Waals surface area contributed by atoms with Gasteiger partial charge in [-0.2, -0.15) is 0 Å². The Morgan fingerprint density at radius 2 is 2.00 bits per heavy atom. The molecule has 0 aliphatic carbocycles. The molecule has 0 aliphatic heterocycles. The number of nitrogen functional groups attached to an aromatic ring is 1. The third-order valence-corrected chi connectivity index (χ3v) is 3.56. The van der Waals surface area contributed by atoms with Crippen LogP contribution in [0.1, 0.15) is 5.69 Å². The lowest BCUT2D eigenvalue weighted by Crippen LogP contribution is -1.84. The first-order valence-electron chi connectivity index (χ1n) is 5.32. The van der Waals surface area contributed by atoms with Gasteiger partial charge in [0.15, 0.2) is 0 Å². The topological polar surface area (TPSA) is 51.8 Å². The minimum atomic E-state index is 0.768. The van der Waals surface area contributed by atoms with Gasteiger partial charge in [0.25, 0.3) is 0 Å². The Bertz CT molecular complexity index is 688. The molecule has 3 rings (SSSR count). The van der Waals surface area contributed by atoms with Crippen molar-refractivity contribution in [3.05, 3.63) is 42.1 Å². The van der Waals surface area contributed by atoms with Crippen molar-refractivity contribution in [2.75, 3.05) is 5.73 Å². The molecule has 17 heavy (non-hydrogen) atoms. The van der Waals surface area contributed by atoms with Crippen LogP contribution < -0.4 is 5.73 Å². The van der Waals surface area contributed by atoms with Crippen LogP contribution in [0.2, 0.25) is 0 Å². The Labute approximate surface area is 103 Å². The summed E-state index contributed by atoms with van der Waals surface area (Å²) in [5, 5.41) is 0.939. The number of fused-ring (bicyclic) bond motifs is 1. The van der Waals surface area contributed by atoms with Crippen LogP contribution in [0.4, 0.5) is 5.69 Å². The summed E-state index contributed by atoms with van der Waals surface area (Å²) in [6.07, 6.45) is 0. The molecular weight excluding hydrogens is 230 g/mol. The number of thiazole rings is 1. The van der Waals surface area contributed by atoms with Crippen LogP contribution in [0.5, 0.6) is 0 Å². The lowest BCUT2D eigenvalue weighted by atomic mass is 10.3. The maximum atomic E-state index is 5.76. The zero-order valence-corrected chi connectivity index (χ0v) is 10.2. The molecule has 0 fully saturated rings. The highest BCUT2D eigenvalue weighted by Gasteiger charge is 2.07. The van der Waals surface area contributed by atoms with E-state index in [2.05, 4.69) is 9.97 Å². The fourth-order valence-electron chi connectivity index (χ4n) is 1.71. The van der Waals surface area contributed by atoms with Gasteiger partial charge in [0.2, 0.25) is 0 Å². The predicted octanol–water partition coefficient (Wildman–Crippen LogP) is 3.25. The van der Waals surface area contributed by atoms with Crippen LogP contribution in [0.15, 0.2) is 36.4 Å². The minimum Gasteiger partial charge on any atom is -0.399 e. The molecule has 0 unspecified atom stereocenters. The summed E-state index contributed by atoms with van der Waals surface area (Å²) in [4.78, 5) is 9.04. The first kappa shape index (κ1) is 10.2. The lowest BCUT2D eigenvalue weighted by molar-refractivity contribution is 1.20. The molecule has 0 atom stereocenters. The van der Waals surface area contributed by atoms with Crippen molar-refractivity contribution in [1.29, 1.82) is 0 Å². The molecule has 2 N–H and O–H groups in total. The SMILES string of the molecule is Cc1cccc(-c2nc3ccc(N)cc3s2)n1. The predicted molar refractivity (Wildman–Crippen MR) is 72.0 cm³/mol. The second-order valence-electron chi connectivity index (χ2n) is 3.91. The normalized spacial score (nSPS) is 10.9. The first-order chi connectivity index (χ1) is 8.22. The van der Waals surface area contributed by atoms with Crippen molar-refractivity contribution >= 4 is 27.2 Å². The third-order valence-electron chi connectivity index (χ3n) is 2.52. The largest absolute Gasteiger partial charge is 0.399 e. The number of benzene rings is 1. The average Bonchev–Trinajstić information content (AvgIpc) is 2.72. The number of anilines is 1. The molecule has 0 saturated heterocycles. The Balaban J connectivity index is 2.18. The van der Waals surface area contributed by atoms with E-state index in [-0.39, 0.29) is 0 Å². The van der Waals surface area contributed by atoms with E-state index < -0.39 is 0 Å². The Morgan fingerprint density at radius 1 is 1.12 bits per heavy atom. The van der Waals surface area contributed by atoms with Gasteiger partial charge >= 0.3 is 0 Å². The number of nitrogens with two attached hydrogens (primary N) is 1. The molecule has 0 bridgehead atoms. The van der Waals surface area contributed by atoms with Crippen LogP contribution in [-0.4, -0.2) is 9.97 Å². The fourth-order valence-corrected chi connectivity index (χ4v) is 2.70. The lowest BCUT2D eigenvalue weighted by Gasteiger charge is -1.95. The molecule has 0 radical (unpaired) electrons. The Morgan fingerprint density at radius 3 is 2.82 bits per heavy atom. The van der Waals surface area contributed by atoms with Crippen LogP contribution in [0.25, 0.3) is 20.9 Å². The van der Waals surface area contributed by atoms with E-state index >= 15 is 0 Å². The maximum Gasteiger partial charge on any atom is 0.143 e. The monoisotopic (exact) mass is 241 g/mol. The van der Waals surface area contributed by atoms with Crippen LogP contribution in [-0.2, 0) is 0 Å². The number of rotatable bonds is 1. The van der Waals surface area contributed by atoms with E-state index in [4.69, 9.17) is 5.73 Å². The quantitative estimate of drug-likeness (QED) is 0.665. The molecule has 2 heterocycles. The zero-order chi connectivity index (χ0) is 11.8. The summed E-state index contributed by atoms with van der Waals surface area (Å²) >= 11 is 1.62. The summed E-state index contributed by atoms with van der Waals surface area (Å²) < 4.78 is 1.10. The van der Waals surface area contributed by atoms with Gasteiger partial charge in [-0.15, -0.1) is 11.3 Å². The van der Waals surface area contributed by atoms with E-state index in [9.17, 15) is 0 Å². The number of nitrogens with zero attached hydrogens (tertiary/aromatic N) is 2. The molecular formula is C13H11N3S. The van der Waals surface area contributed by atoms with Crippen LogP contribution >= 0.6 is 11.3 Å². The van der Waals surface area contributed by atoms with E-state index in [1.807, 2.05) is 43.3 Å². The van der Waals surface area contributed by atoms with Crippen molar-refractivity contribution in [3.63, 3.8) is 0 Å². The first-order valence-corrected chi connectivity index (χ1v) is 6.14. The summed E-state index contributed by atoms with van der Waals surface area (Å²) in [5.74, 6) is 0. The zero-order valence-electron chi connectivity index (χ0n) is 9.34. The molecule has 0 aliphatic rings. The highest BCUT2D eigenvalue weighted by molar-refractivity contribution is 7.21. The molecule has 1 aromatic carbocycles. The van der Waals surface area contributed by atoms with Crippen LogP contribution in [0, 0.1) is 6.92 Å². The molecule has 0 spiro atoms. The van der Waals surface area contributed by atoms with Gasteiger partial charge in [-0.05, 0) is 37.3 Å². The molecule has 84 valence electrons. The standard InChI is InChI=1S/C13H11N3S/c1-8-3-2-4-11(15-8)13-16-10-6-5-9(14)7-12(10)17-13/h2-7H,14H2,1H3. The van der Waals surface area contributed by atoms with Gasteiger partial charge in [-0.25, -0.2) is 4.98 Å². The summed E-state index contributed by atoms with van der Waals surface area (Å²) in [6, 6.07) is 11.7. The van der Waals surface area contributed by atoms with Gasteiger partial charge in [-0.1, -0.05) is 6.07 Å². The highest BCUT2D eigenvalue weighted by atomic mass is 32.1. The summed E-state index contributed by atoms with van der Waals surface area (Å²) in [5.41, 5.74) is 9.42. The summed E-state index contributed by atoms with van der Waals surface area (Å²) in [7, 11) is 0. The van der Waals surface area contributed by atoms with Gasteiger partial charge in [0, 0.05) is 11.4 Å². The second kappa shape index (κ2) is 3.82. The van der Waals surface area contributed by atoms with E-state index in [1.165, 1.54) is 0 Å². The minimum absolute atomic E-state index is 0.768. The Kier molecular flexibility index (Phi) is 2.30. The van der Waals surface area contributed by atoms with Gasteiger partial charge in [0.1, 0.15) is 5.01 Å². The smallest absolute Gasteiger partial charge is 0.143 e. The maximum absolute atomic E-state index is 5.76.